The van der Waals surface area contributed by atoms with Crippen molar-refractivity contribution in [2.75, 3.05) is 14.2 Å². The molecule has 0 bridgehead atoms. The molecule has 0 heterocycles. The predicted octanol–water partition coefficient (Wildman–Crippen LogP) is 2.33. The fourth-order valence-electron chi connectivity index (χ4n) is 2.25. The summed E-state index contributed by atoms with van der Waals surface area (Å²) in [5.41, 5.74) is 1.66. The Labute approximate surface area is 102 Å². The highest BCUT2D eigenvalue weighted by molar-refractivity contribution is 5.51. The lowest BCUT2D eigenvalue weighted by Gasteiger charge is -2.17. The maximum atomic E-state index is 10.0. The average molecular weight is 236 g/mol. The Morgan fingerprint density at radius 3 is 2.41 bits per heavy atom. The van der Waals surface area contributed by atoms with E-state index in [1.807, 2.05) is 12.1 Å². The van der Waals surface area contributed by atoms with E-state index in [9.17, 15) is 5.11 Å². The highest BCUT2D eigenvalue weighted by atomic mass is 16.5. The van der Waals surface area contributed by atoms with Gasteiger partial charge in [0.15, 0.2) is 0 Å². The van der Waals surface area contributed by atoms with Gasteiger partial charge in [0.2, 0.25) is 0 Å². The third kappa shape index (κ3) is 2.39. The predicted molar refractivity (Wildman–Crippen MR) is 66.8 cm³/mol. The zero-order chi connectivity index (χ0) is 12.5. The van der Waals surface area contributed by atoms with Crippen molar-refractivity contribution in [3.8, 4) is 11.5 Å². The number of ether oxygens (including phenoxy) is 2. The first kappa shape index (κ1) is 12.2. The molecule has 0 amide bonds. The van der Waals surface area contributed by atoms with Crippen molar-refractivity contribution in [3.63, 3.8) is 0 Å². The molecule has 94 valence electrons. The molecule has 1 saturated carbocycles. The maximum Gasteiger partial charge on any atom is 0.129 e. The van der Waals surface area contributed by atoms with Gasteiger partial charge >= 0.3 is 0 Å². The fourth-order valence-corrected chi connectivity index (χ4v) is 2.25. The van der Waals surface area contributed by atoms with Crippen LogP contribution in [0.3, 0.4) is 0 Å². The molecule has 0 atom stereocenters. The summed E-state index contributed by atoms with van der Waals surface area (Å²) in [4.78, 5) is 0. The van der Waals surface area contributed by atoms with Crippen molar-refractivity contribution < 1.29 is 14.6 Å². The Bertz CT molecular complexity index is 408. The van der Waals surface area contributed by atoms with Crippen LogP contribution in [0.4, 0.5) is 0 Å². The van der Waals surface area contributed by atoms with Crippen molar-refractivity contribution in [1.29, 1.82) is 0 Å². The van der Waals surface area contributed by atoms with Crippen LogP contribution in [0.2, 0.25) is 0 Å². The Kier molecular flexibility index (Phi) is 3.29. The zero-order valence-electron chi connectivity index (χ0n) is 10.7. The first-order valence-electron chi connectivity index (χ1n) is 6.08. The monoisotopic (exact) mass is 236 g/mol. The lowest BCUT2D eigenvalue weighted by molar-refractivity contribution is 0.150. The molecule has 1 fully saturated rings. The Hall–Kier alpha value is -1.22. The Morgan fingerprint density at radius 1 is 1.24 bits per heavy atom. The third-order valence-corrected chi connectivity index (χ3v) is 3.42. The van der Waals surface area contributed by atoms with E-state index in [2.05, 4.69) is 6.92 Å². The van der Waals surface area contributed by atoms with E-state index in [-0.39, 0.29) is 0 Å². The van der Waals surface area contributed by atoms with Crippen LogP contribution in [0, 0.1) is 0 Å². The van der Waals surface area contributed by atoms with Crippen LogP contribution in [0.25, 0.3) is 0 Å². The summed E-state index contributed by atoms with van der Waals surface area (Å²) in [6.07, 6.45) is 3.32. The van der Waals surface area contributed by atoms with Gasteiger partial charge in [-0.25, -0.2) is 0 Å². The van der Waals surface area contributed by atoms with E-state index in [4.69, 9.17) is 9.47 Å². The van der Waals surface area contributed by atoms with Crippen LogP contribution in [0.1, 0.15) is 30.9 Å². The summed E-state index contributed by atoms with van der Waals surface area (Å²) in [6.45, 7) is 2.08. The van der Waals surface area contributed by atoms with Crippen molar-refractivity contribution >= 4 is 0 Å². The second kappa shape index (κ2) is 4.57. The standard InChI is InChI=1S/C14H20O3/c1-4-11-12(16-2)6-5-10(13(11)17-3)9-14(15)7-8-14/h5-6,15H,4,7-9H2,1-3H3. The zero-order valence-corrected chi connectivity index (χ0v) is 10.7. The molecule has 3 nitrogen and oxygen atoms in total. The molecule has 1 aromatic carbocycles. The summed E-state index contributed by atoms with van der Waals surface area (Å²) < 4.78 is 10.8. The quantitative estimate of drug-likeness (QED) is 0.852. The van der Waals surface area contributed by atoms with Gasteiger partial charge in [-0.3, -0.25) is 0 Å². The van der Waals surface area contributed by atoms with Gasteiger partial charge in [-0.1, -0.05) is 13.0 Å². The minimum atomic E-state index is -0.493. The van der Waals surface area contributed by atoms with E-state index in [0.29, 0.717) is 6.42 Å². The molecular weight excluding hydrogens is 216 g/mol. The summed E-state index contributed by atoms with van der Waals surface area (Å²) in [7, 11) is 3.34. The topological polar surface area (TPSA) is 38.7 Å². The number of hydrogen-bond donors (Lipinski definition) is 1. The summed E-state index contributed by atoms with van der Waals surface area (Å²) in [5, 5.41) is 10.0. The molecule has 0 saturated heterocycles. The van der Waals surface area contributed by atoms with Gasteiger partial charge in [0.25, 0.3) is 0 Å². The van der Waals surface area contributed by atoms with Crippen LogP contribution in [-0.2, 0) is 12.8 Å². The second-order valence-corrected chi connectivity index (χ2v) is 4.69. The van der Waals surface area contributed by atoms with Gasteiger partial charge in [-0.15, -0.1) is 0 Å². The van der Waals surface area contributed by atoms with Crippen LogP contribution < -0.4 is 9.47 Å². The molecule has 1 aliphatic carbocycles. The number of aliphatic hydroxyl groups is 1. The molecule has 3 heteroatoms. The number of rotatable bonds is 5. The highest BCUT2D eigenvalue weighted by Crippen LogP contribution is 2.42. The molecule has 0 radical (unpaired) electrons. The molecule has 1 aliphatic rings. The molecule has 0 unspecified atom stereocenters. The minimum Gasteiger partial charge on any atom is -0.496 e. The van der Waals surface area contributed by atoms with Crippen molar-refractivity contribution in [3.05, 3.63) is 23.3 Å². The largest absolute Gasteiger partial charge is 0.496 e. The van der Waals surface area contributed by atoms with Crippen LogP contribution in [0.5, 0.6) is 11.5 Å². The molecule has 2 rings (SSSR count). The lowest BCUT2D eigenvalue weighted by Crippen LogP contribution is -2.12. The molecule has 17 heavy (non-hydrogen) atoms. The van der Waals surface area contributed by atoms with Crippen LogP contribution in [0.15, 0.2) is 12.1 Å². The normalized spacial score (nSPS) is 16.7. The minimum absolute atomic E-state index is 0.493. The molecule has 1 aromatic rings. The number of methoxy groups -OCH3 is 2. The van der Waals surface area contributed by atoms with Gasteiger partial charge < -0.3 is 14.6 Å². The summed E-state index contributed by atoms with van der Waals surface area (Å²) >= 11 is 0. The van der Waals surface area contributed by atoms with Crippen molar-refractivity contribution in [2.45, 2.75) is 38.2 Å². The molecule has 0 spiro atoms. The Balaban J connectivity index is 2.38. The number of benzene rings is 1. The fraction of sp³-hybridized carbons (Fsp3) is 0.571. The SMILES string of the molecule is CCc1c(OC)ccc(CC2(O)CC2)c1OC. The second-order valence-electron chi connectivity index (χ2n) is 4.69. The van der Waals surface area contributed by atoms with E-state index in [1.165, 1.54) is 0 Å². The first-order chi connectivity index (χ1) is 8.13. The Morgan fingerprint density at radius 2 is 1.94 bits per heavy atom. The third-order valence-electron chi connectivity index (χ3n) is 3.42. The maximum absolute atomic E-state index is 10.0. The van der Waals surface area contributed by atoms with Crippen molar-refractivity contribution in [1.82, 2.24) is 0 Å². The van der Waals surface area contributed by atoms with Gasteiger partial charge in [0.05, 0.1) is 19.8 Å². The van der Waals surface area contributed by atoms with Gasteiger partial charge in [0, 0.05) is 12.0 Å². The summed E-state index contributed by atoms with van der Waals surface area (Å²) in [6, 6.07) is 3.95. The van der Waals surface area contributed by atoms with Crippen LogP contribution >= 0.6 is 0 Å². The highest BCUT2D eigenvalue weighted by Gasteiger charge is 2.41. The van der Waals surface area contributed by atoms with Crippen molar-refractivity contribution in [2.24, 2.45) is 0 Å². The molecule has 1 N–H and O–H groups in total. The van der Waals surface area contributed by atoms with E-state index in [1.54, 1.807) is 14.2 Å². The molecule has 0 aromatic heterocycles. The molecular formula is C14H20O3. The van der Waals surface area contributed by atoms with Gasteiger partial charge in [-0.2, -0.15) is 0 Å². The number of hydrogen-bond acceptors (Lipinski definition) is 3. The van der Waals surface area contributed by atoms with E-state index in [0.717, 1.165) is 41.9 Å². The van der Waals surface area contributed by atoms with E-state index >= 15 is 0 Å². The van der Waals surface area contributed by atoms with Crippen LogP contribution in [-0.4, -0.2) is 24.9 Å². The molecule has 0 aliphatic heterocycles. The van der Waals surface area contributed by atoms with Gasteiger partial charge in [0.1, 0.15) is 11.5 Å². The lowest BCUT2D eigenvalue weighted by atomic mass is 10.00. The van der Waals surface area contributed by atoms with Gasteiger partial charge in [-0.05, 0) is 30.9 Å². The van der Waals surface area contributed by atoms with E-state index < -0.39 is 5.60 Å². The smallest absolute Gasteiger partial charge is 0.129 e. The summed E-state index contributed by atoms with van der Waals surface area (Å²) in [5.74, 6) is 1.73. The average Bonchev–Trinajstić information content (AvgIpc) is 3.06. The first-order valence-corrected chi connectivity index (χ1v) is 6.08.